The fraction of sp³-hybridized carbons (Fsp3) is 0.323. The number of anilines is 1. The molecule has 0 spiro atoms. The lowest BCUT2D eigenvalue weighted by Gasteiger charge is -2.36. The van der Waals surface area contributed by atoms with E-state index in [1.807, 2.05) is 36.4 Å². The van der Waals surface area contributed by atoms with Crippen molar-refractivity contribution in [2.75, 3.05) is 51.8 Å². The number of benzene rings is 3. The average molecular weight is 543 g/mol. The molecule has 9 heteroatoms. The third kappa shape index (κ3) is 7.82. The third-order valence-corrected chi connectivity index (χ3v) is 6.71. The van der Waals surface area contributed by atoms with Crippen molar-refractivity contribution in [2.45, 2.75) is 19.6 Å². The molecule has 1 aliphatic rings. The molecule has 0 aliphatic carbocycles. The van der Waals surface area contributed by atoms with Crippen LogP contribution in [0, 0.1) is 11.3 Å². The fourth-order valence-corrected chi connectivity index (χ4v) is 4.48. The maximum atomic E-state index is 12.9. The van der Waals surface area contributed by atoms with Crippen LogP contribution in [0.1, 0.15) is 40.1 Å². The SMILES string of the molecule is CCOC(=O)c1cccc(NC(=O)N2CCN(C[C@@H](OCc3ccc(C#N)cc3)c3cccc(OC)c3)CC2)c1. The van der Waals surface area contributed by atoms with Gasteiger partial charge in [-0.25, -0.2) is 9.59 Å². The van der Waals surface area contributed by atoms with Crippen LogP contribution in [0.15, 0.2) is 72.8 Å². The maximum Gasteiger partial charge on any atom is 0.338 e. The van der Waals surface area contributed by atoms with Crippen molar-refractivity contribution in [1.82, 2.24) is 9.80 Å². The van der Waals surface area contributed by atoms with Gasteiger partial charge in [0.25, 0.3) is 0 Å². The Labute approximate surface area is 234 Å². The Balaban J connectivity index is 1.35. The second kappa shape index (κ2) is 14.1. The number of ether oxygens (including phenoxy) is 3. The Morgan fingerprint density at radius 1 is 1.00 bits per heavy atom. The number of hydrogen-bond donors (Lipinski definition) is 1. The van der Waals surface area contributed by atoms with E-state index in [4.69, 9.17) is 19.5 Å². The summed E-state index contributed by atoms with van der Waals surface area (Å²) in [5.74, 6) is 0.345. The van der Waals surface area contributed by atoms with E-state index in [0.717, 1.165) is 16.9 Å². The van der Waals surface area contributed by atoms with Gasteiger partial charge in [-0.1, -0.05) is 30.3 Å². The van der Waals surface area contributed by atoms with Gasteiger partial charge in [-0.2, -0.15) is 5.26 Å². The second-order valence-electron chi connectivity index (χ2n) is 9.40. The number of carbonyl (C=O) groups excluding carboxylic acids is 2. The number of rotatable bonds is 10. The van der Waals surface area contributed by atoms with Gasteiger partial charge in [0.2, 0.25) is 0 Å². The Morgan fingerprint density at radius 3 is 2.45 bits per heavy atom. The van der Waals surface area contributed by atoms with Crippen molar-refractivity contribution in [3.63, 3.8) is 0 Å². The number of methoxy groups -OCH3 is 1. The first-order valence-electron chi connectivity index (χ1n) is 13.3. The normalized spacial score (nSPS) is 14.2. The van der Waals surface area contributed by atoms with Gasteiger partial charge in [-0.15, -0.1) is 0 Å². The zero-order valence-corrected chi connectivity index (χ0v) is 22.8. The molecule has 2 amide bonds. The van der Waals surface area contributed by atoms with E-state index in [1.54, 1.807) is 55.3 Å². The van der Waals surface area contributed by atoms with E-state index in [0.29, 0.717) is 62.8 Å². The molecule has 9 nitrogen and oxygen atoms in total. The van der Waals surface area contributed by atoms with Crippen LogP contribution >= 0.6 is 0 Å². The number of carbonyl (C=O) groups is 2. The van der Waals surface area contributed by atoms with Gasteiger partial charge in [0.15, 0.2) is 0 Å². The van der Waals surface area contributed by atoms with Crippen molar-refractivity contribution in [2.24, 2.45) is 0 Å². The minimum atomic E-state index is -0.417. The number of nitriles is 1. The van der Waals surface area contributed by atoms with Gasteiger partial charge >= 0.3 is 12.0 Å². The summed E-state index contributed by atoms with van der Waals surface area (Å²) in [5, 5.41) is 12.0. The summed E-state index contributed by atoms with van der Waals surface area (Å²) in [7, 11) is 1.64. The molecule has 1 saturated heterocycles. The molecule has 1 N–H and O–H groups in total. The Kier molecular flexibility index (Phi) is 10.1. The topological polar surface area (TPSA) is 104 Å². The first-order chi connectivity index (χ1) is 19.5. The lowest BCUT2D eigenvalue weighted by molar-refractivity contribution is 0.00584. The Morgan fingerprint density at radius 2 is 1.75 bits per heavy atom. The van der Waals surface area contributed by atoms with E-state index >= 15 is 0 Å². The minimum Gasteiger partial charge on any atom is -0.497 e. The van der Waals surface area contributed by atoms with Crippen LogP contribution in [-0.4, -0.2) is 68.2 Å². The number of amides is 2. The molecule has 4 rings (SSSR count). The van der Waals surface area contributed by atoms with E-state index in [-0.39, 0.29) is 12.1 Å². The molecule has 3 aromatic rings. The first-order valence-corrected chi connectivity index (χ1v) is 13.3. The average Bonchev–Trinajstić information content (AvgIpc) is 3.00. The number of urea groups is 1. The largest absolute Gasteiger partial charge is 0.497 e. The summed E-state index contributed by atoms with van der Waals surface area (Å²) in [6.45, 7) is 5.60. The smallest absolute Gasteiger partial charge is 0.338 e. The summed E-state index contributed by atoms with van der Waals surface area (Å²) in [5.41, 5.74) is 3.55. The van der Waals surface area contributed by atoms with Gasteiger partial charge in [0.05, 0.1) is 43.6 Å². The molecule has 1 atom stereocenters. The van der Waals surface area contributed by atoms with Crippen molar-refractivity contribution >= 4 is 17.7 Å². The van der Waals surface area contributed by atoms with E-state index in [9.17, 15) is 9.59 Å². The van der Waals surface area contributed by atoms with Crippen LogP contribution < -0.4 is 10.1 Å². The highest BCUT2D eigenvalue weighted by Crippen LogP contribution is 2.25. The zero-order chi connectivity index (χ0) is 28.3. The van der Waals surface area contributed by atoms with Crippen LogP contribution in [0.25, 0.3) is 0 Å². The zero-order valence-electron chi connectivity index (χ0n) is 22.8. The number of nitrogens with zero attached hydrogens (tertiary/aromatic N) is 3. The quantitative estimate of drug-likeness (QED) is 0.365. The summed E-state index contributed by atoms with van der Waals surface area (Å²) >= 11 is 0. The highest BCUT2D eigenvalue weighted by molar-refractivity contribution is 5.94. The summed E-state index contributed by atoms with van der Waals surface area (Å²) < 4.78 is 16.9. The molecule has 208 valence electrons. The van der Waals surface area contributed by atoms with Gasteiger partial charge in [0.1, 0.15) is 5.75 Å². The van der Waals surface area contributed by atoms with Gasteiger partial charge in [-0.05, 0) is 60.5 Å². The predicted octanol–water partition coefficient (Wildman–Crippen LogP) is 4.85. The molecular weight excluding hydrogens is 508 g/mol. The number of esters is 1. The molecule has 3 aromatic carbocycles. The predicted molar refractivity (Wildman–Crippen MR) is 151 cm³/mol. The molecule has 1 aliphatic heterocycles. The lowest BCUT2D eigenvalue weighted by atomic mass is 10.1. The van der Waals surface area contributed by atoms with Crippen molar-refractivity contribution in [3.8, 4) is 11.8 Å². The van der Waals surface area contributed by atoms with Crippen molar-refractivity contribution in [1.29, 1.82) is 5.26 Å². The van der Waals surface area contributed by atoms with E-state index in [2.05, 4.69) is 16.3 Å². The van der Waals surface area contributed by atoms with Gasteiger partial charge in [0, 0.05) is 38.4 Å². The molecule has 40 heavy (non-hydrogen) atoms. The van der Waals surface area contributed by atoms with Gasteiger partial charge < -0.3 is 24.4 Å². The van der Waals surface area contributed by atoms with Crippen molar-refractivity contribution < 1.29 is 23.8 Å². The fourth-order valence-electron chi connectivity index (χ4n) is 4.48. The molecule has 0 bridgehead atoms. The van der Waals surface area contributed by atoms with E-state index in [1.165, 1.54) is 0 Å². The highest BCUT2D eigenvalue weighted by Gasteiger charge is 2.25. The molecule has 0 saturated carbocycles. The molecular formula is C31H34N4O5. The second-order valence-corrected chi connectivity index (χ2v) is 9.40. The Hall–Kier alpha value is -4.39. The summed E-state index contributed by atoms with van der Waals surface area (Å²) in [6, 6.07) is 23.9. The van der Waals surface area contributed by atoms with Crippen LogP contribution in [-0.2, 0) is 16.1 Å². The lowest BCUT2D eigenvalue weighted by Crippen LogP contribution is -2.50. The van der Waals surface area contributed by atoms with Crippen LogP contribution in [0.5, 0.6) is 5.75 Å². The van der Waals surface area contributed by atoms with E-state index < -0.39 is 5.97 Å². The molecule has 0 aromatic heterocycles. The minimum absolute atomic E-state index is 0.206. The molecule has 1 fully saturated rings. The maximum absolute atomic E-state index is 12.9. The third-order valence-electron chi connectivity index (χ3n) is 6.71. The summed E-state index contributed by atoms with van der Waals surface area (Å²) in [6.07, 6.45) is -0.211. The van der Waals surface area contributed by atoms with Gasteiger partial charge in [-0.3, -0.25) is 4.90 Å². The van der Waals surface area contributed by atoms with Crippen molar-refractivity contribution in [3.05, 3.63) is 95.1 Å². The monoisotopic (exact) mass is 542 g/mol. The highest BCUT2D eigenvalue weighted by atomic mass is 16.5. The summed E-state index contributed by atoms with van der Waals surface area (Å²) in [4.78, 5) is 29.0. The number of nitrogens with one attached hydrogen (secondary N) is 1. The number of piperazine rings is 1. The number of hydrogen-bond acceptors (Lipinski definition) is 7. The molecule has 1 heterocycles. The first kappa shape index (κ1) is 28.6. The molecule has 0 radical (unpaired) electrons. The van der Waals surface area contributed by atoms with Crippen LogP contribution in [0.3, 0.4) is 0 Å². The van der Waals surface area contributed by atoms with Crippen LogP contribution in [0.2, 0.25) is 0 Å². The van der Waals surface area contributed by atoms with Crippen LogP contribution in [0.4, 0.5) is 10.5 Å². The standard InChI is InChI=1S/C31H34N4O5/c1-3-39-30(36)26-7-4-8-27(18-26)33-31(37)35-16-14-34(15-17-35)21-29(25-6-5-9-28(19-25)38-2)40-22-24-12-10-23(20-32)11-13-24/h4-13,18-19,29H,3,14-17,21-22H2,1-2H3,(H,33,37)/t29-/m1/s1. The Bertz CT molecular complexity index is 1330. The molecule has 0 unspecified atom stereocenters.